The number of para-hydroxylation sites is 1. The molecule has 0 bridgehead atoms. The molecule has 4 aromatic rings. The third-order valence-corrected chi connectivity index (χ3v) is 5.80. The van der Waals surface area contributed by atoms with E-state index in [9.17, 15) is 13.2 Å². The van der Waals surface area contributed by atoms with Gasteiger partial charge in [0.1, 0.15) is 11.6 Å². The predicted molar refractivity (Wildman–Crippen MR) is 135 cm³/mol. The molecule has 0 aliphatic heterocycles. The highest BCUT2D eigenvalue weighted by Crippen LogP contribution is 2.37. The third-order valence-electron chi connectivity index (χ3n) is 5.80. The molecule has 2 N–H and O–H groups in total. The molecule has 0 unspecified atom stereocenters. The molecule has 1 fully saturated rings. The molecular weight excluding hydrogens is 556 g/mol. The van der Waals surface area contributed by atoms with Crippen LogP contribution in [0.3, 0.4) is 0 Å². The fourth-order valence-corrected chi connectivity index (χ4v) is 4.21. The first-order valence-corrected chi connectivity index (χ1v) is 13.2. The Kier molecular flexibility index (Phi) is 7.64. The summed E-state index contributed by atoms with van der Waals surface area (Å²) in [5.74, 6) is 1.86. The maximum absolute atomic E-state index is 13.6. The molecule has 5 rings (SSSR count). The standard InChI is InChI=1S/C23H21F3N6.CH3I/c24-23(25,26)17-12-6-4-10-15(17)20-27-18-13-7-5-11-16(18)21(28-20)30-22-29-19(31-32-22)14-8-2-1-3-9-14;1-2/h4-7,10-14H,1-3,8-9H2,(H2,27,28,29,30,31,32);1H3. The first-order chi connectivity index (χ1) is 16.5. The van der Waals surface area contributed by atoms with Crippen LogP contribution >= 0.6 is 22.6 Å². The van der Waals surface area contributed by atoms with Gasteiger partial charge in [0.25, 0.3) is 0 Å². The van der Waals surface area contributed by atoms with Gasteiger partial charge in [0.15, 0.2) is 5.82 Å². The van der Waals surface area contributed by atoms with Crippen LogP contribution in [-0.4, -0.2) is 30.1 Å². The number of nitrogens with one attached hydrogen (secondary N) is 2. The molecule has 1 saturated carbocycles. The summed E-state index contributed by atoms with van der Waals surface area (Å²) in [5.41, 5.74) is -0.328. The zero-order valence-electron chi connectivity index (χ0n) is 18.5. The van der Waals surface area contributed by atoms with Gasteiger partial charge in [-0.25, -0.2) is 9.97 Å². The number of hydrogen-bond donors (Lipinski definition) is 2. The number of hydrogen-bond acceptors (Lipinski definition) is 5. The molecule has 6 nitrogen and oxygen atoms in total. The average molecular weight is 580 g/mol. The molecular formula is C24H24F3IN6. The number of rotatable bonds is 4. The molecule has 2 aromatic heterocycles. The van der Waals surface area contributed by atoms with Crippen LogP contribution in [0.25, 0.3) is 22.3 Å². The quantitative estimate of drug-likeness (QED) is 0.196. The molecule has 1 aliphatic carbocycles. The van der Waals surface area contributed by atoms with Gasteiger partial charge in [-0.05, 0) is 36.0 Å². The summed E-state index contributed by atoms with van der Waals surface area (Å²) in [6.07, 6.45) is 1.22. The van der Waals surface area contributed by atoms with Crippen molar-refractivity contribution in [2.75, 3.05) is 10.2 Å². The van der Waals surface area contributed by atoms with Crippen molar-refractivity contribution in [2.45, 2.75) is 44.2 Å². The number of anilines is 2. The van der Waals surface area contributed by atoms with Gasteiger partial charge in [0.05, 0.1) is 11.1 Å². The van der Waals surface area contributed by atoms with Gasteiger partial charge in [-0.3, -0.25) is 5.10 Å². The van der Waals surface area contributed by atoms with Crippen molar-refractivity contribution in [3.8, 4) is 11.4 Å². The summed E-state index contributed by atoms with van der Waals surface area (Å²) in [6, 6.07) is 12.5. The monoisotopic (exact) mass is 580 g/mol. The lowest BCUT2D eigenvalue weighted by Gasteiger charge is -2.18. The highest BCUT2D eigenvalue weighted by atomic mass is 127. The zero-order chi connectivity index (χ0) is 24.1. The minimum Gasteiger partial charge on any atom is -0.307 e. The summed E-state index contributed by atoms with van der Waals surface area (Å²) < 4.78 is 40.7. The number of aromatic amines is 1. The third kappa shape index (κ3) is 5.31. The number of nitrogens with zero attached hydrogens (tertiary/aromatic N) is 4. The Hall–Kier alpha value is -2.76. The first-order valence-electron chi connectivity index (χ1n) is 11.0. The van der Waals surface area contributed by atoms with Crippen LogP contribution in [0.2, 0.25) is 0 Å². The van der Waals surface area contributed by atoms with Gasteiger partial charge in [0, 0.05) is 16.9 Å². The minimum absolute atomic E-state index is 0.0119. The van der Waals surface area contributed by atoms with Crippen molar-refractivity contribution in [3.63, 3.8) is 0 Å². The molecule has 10 heteroatoms. The van der Waals surface area contributed by atoms with E-state index in [4.69, 9.17) is 0 Å². The lowest BCUT2D eigenvalue weighted by Crippen LogP contribution is -2.09. The second kappa shape index (κ2) is 10.7. The topological polar surface area (TPSA) is 79.4 Å². The smallest absolute Gasteiger partial charge is 0.307 e. The summed E-state index contributed by atoms with van der Waals surface area (Å²) >= 11 is 2.15. The molecule has 0 saturated heterocycles. The van der Waals surface area contributed by atoms with Gasteiger partial charge in [-0.1, -0.05) is 72.2 Å². The number of alkyl halides is 4. The summed E-state index contributed by atoms with van der Waals surface area (Å²) in [5, 5.41) is 11.0. The lowest BCUT2D eigenvalue weighted by atomic mass is 9.89. The second-order valence-electron chi connectivity index (χ2n) is 7.96. The average Bonchev–Trinajstić information content (AvgIpc) is 3.34. The minimum atomic E-state index is -4.52. The van der Waals surface area contributed by atoms with Gasteiger partial charge >= 0.3 is 6.18 Å². The van der Waals surface area contributed by atoms with Crippen LogP contribution in [-0.2, 0) is 6.18 Å². The largest absolute Gasteiger partial charge is 0.417 e. The van der Waals surface area contributed by atoms with E-state index in [0.29, 0.717) is 28.6 Å². The predicted octanol–water partition coefficient (Wildman–Crippen LogP) is 7.28. The Morgan fingerprint density at radius 1 is 0.912 bits per heavy atom. The summed E-state index contributed by atoms with van der Waals surface area (Å²) in [6.45, 7) is 0. The van der Waals surface area contributed by atoms with Crippen LogP contribution < -0.4 is 5.32 Å². The van der Waals surface area contributed by atoms with Crippen LogP contribution in [0.4, 0.5) is 24.9 Å². The fraction of sp³-hybridized carbons (Fsp3) is 0.333. The van der Waals surface area contributed by atoms with Crippen molar-refractivity contribution in [2.24, 2.45) is 0 Å². The van der Waals surface area contributed by atoms with Crippen LogP contribution in [0.5, 0.6) is 0 Å². The molecule has 0 amide bonds. The van der Waals surface area contributed by atoms with E-state index in [1.54, 1.807) is 18.2 Å². The highest BCUT2D eigenvalue weighted by Gasteiger charge is 2.34. The Balaban J connectivity index is 0.00000133. The fourth-order valence-electron chi connectivity index (χ4n) is 4.21. The molecule has 34 heavy (non-hydrogen) atoms. The molecule has 178 valence electrons. The number of benzene rings is 2. The van der Waals surface area contributed by atoms with E-state index in [2.05, 4.69) is 53.1 Å². The van der Waals surface area contributed by atoms with Gasteiger partial charge in [-0.15, -0.1) is 5.10 Å². The van der Waals surface area contributed by atoms with E-state index in [1.807, 2.05) is 17.1 Å². The summed E-state index contributed by atoms with van der Waals surface area (Å²) in [4.78, 5) is 15.4. The number of halogens is 4. The van der Waals surface area contributed by atoms with Crippen molar-refractivity contribution in [3.05, 3.63) is 59.9 Å². The van der Waals surface area contributed by atoms with Crippen LogP contribution in [0, 0.1) is 0 Å². The Morgan fingerprint density at radius 3 is 2.38 bits per heavy atom. The number of H-pyrrole nitrogens is 1. The van der Waals surface area contributed by atoms with Crippen LogP contribution in [0.15, 0.2) is 48.5 Å². The molecule has 0 atom stereocenters. The molecule has 0 spiro atoms. The van der Waals surface area contributed by atoms with Crippen molar-refractivity contribution < 1.29 is 13.2 Å². The van der Waals surface area contributed by atoms with E-state index in [-0.39, 0.29) is 11.4 Å². The van der Waals surface area contributed by atoms with Crippen molar-refractivity contribution in [1.29, 1.82) is 0 Å². The Bertz CT molecular complexity index is 1250. The molecule has 1 aliphatic rings. The first kappa shape index (κ1) is 24.4. The van der Waals surface area contributed by atoms with E-state index in [0.717, 1.165) is 24.7 Å². The van der Waals surface area contributed by atoms with Crippen molar-refractivity contribution in [1.82, 2.24) is 25.1 Å². The normalized spacial score (nSPS) is 14.5. The molecule has 2 heterocycles. The van der Waals surface area contributed by atoms with E-state index < -0.39 is 11.7 Å². The SMILES string of the molecule is CI.FC(F)(F)c1ccccc1-c1nc(Nc2n[nH]c(C3CCCCC3)n2)c2ccccc2n1. The maximum atomic E-state index is 13.6. The zero-order valence-corrected chi connectivity index (χ0v) is 20.7. The van der Waals surface area contributed by atoms with Crippen LogP contribution in [0.1, 0.15) is 49.4 Å². The number of aromatic nitrogens is 5. The number of fused-ring (bicyclic) bond motifs is 1. The maximum Gasteiger partial charge on any atom is 0.417 e. The van der Waals surface area contributed by atoms with Gasteiger partial charge in [-0.2, -0.15) is 18.2 Å². The molecule has 2 aromatic carbocycles. The Labute approximate surface area is 209 Å². The van der Waals surface area contributed by atoms with Gasteiger partial charge < -0.3 is 5.32 Å². The second-order valence-corrected chi connectivity index (χ2v) is 7.96. The highest BCUT2D eigenvalue weighted by molar-refractivity contribution is 14.1. The lowest BCUT2D eigenvalue weighted by molar-refractivity contribution is -0.137. The molecule has 0 radical (unpaired) electrons. The van der Waals surface area contributed by atoms with E-state index in [1.165, 1.54) is 31.4 Å². The Morgan fingerprint density at radius 2 is 1.62 bits per heavy atom. The van der Waals surface area contributed by atoms with E-state index >= 15 is 0 Å². The van der Waals surface area contributed by atoms with Crippen molar-refractivity contribution >= 4 is 45.3 Å². The van der Waals surface area contributed by atoms with Gasteiger partial charge in [0.2, 0.25) is 5.95 Å². The summed E-state index contributed by atoms with van der Waals surface area (Å²) in [7, 11) is 0.